The molecule has 0 unspecified atom stereocenters. The second-order valence-electron chi connectivity index (χ2n) is 5.46. The van der Waals surface area contributed by atoms with Crippen LogP contribution in [-0.4, -0.2) is 24.4 Å². The summed E-state index contributed by atoms with van der Waals surface area (Å²) in [5.41, 5.74) is 2.51. The molecule has 2 amide bonds. The van der Waals surface area contributed by atoms with Crippen LogP contribution < -0.4 is 10.6 Å². The average molecular weight is 321 g/mol. The molecule has 2 rings (SSSR count). The lowest BCUT2D eigenvalue weighted by Crippen LogP contribution is -2.48. The van der Waals surface area contributed by atoms with Crippen LogP contribution >= 0.6 is 0 Å². The van der Waals surface area contributed by atoms with Crippen molar-refractivity contribution in [3.63, 3.8) is 0 Å². The number of benzene rings is 2. The van der Waals surface area contributed by atoms with Gasteiger partial charge in [-0.3, -0.25) is 9.59 Å². The molecule has 0 spiro atoms. The van der Waals surface area contributed by atoms with E-state index in [0.717, 1.165) is 11.1 Å². The highest BCUT2D eigenvalue weighted by Crippen LogP contribution is 2.08. The second kappa shape index (κ2) is 8.49. The van der Waals surface area contributed by atoms with Crippen molar-refractivity contribution in [1.29, 1.82) is 5.26 Å². The zero-order valence-corrected chi connectivity index (χ0v) is 13.5. The SMILES string of the molecule is Cc1cccc(C[C@H](NC(=O)c2ccccc2)C(=O)NCC#N)c1. The molecule has 2 aromatic rings. The maximum Gasteiger partial charge on any atom is 0.251 e. The number of nitrogens with one attached hydrogen (secondary N) is 2. The van der Waals surface area contributed by atoms with E-state index >= 15 is 0 Å². The Hall–Kier alpha value is -3.13. The molecular weight excluding hydrogens is 302 g/mol. The van der Waals surface area contributed by atoms with Gasteiger partial charge in [0.2, 0.25) is 5.91 Å². The molecule has 0 aromatic heterocycles. The van der Waals surface area contributed by atoms with E-state index in [1.807, 2.05) is 43.3 Å². The number of nitriles is 1. The highest BCUT2D eigenvalue weighted by Gasteiger charge is 2.21. The van der Waals surface area contributed by atoms with Crippen molar-refractivity contribution in [2.75, 3.05) is 6.54 Å². The largest absolute Gasteiger partial charge is 0.341 e. The van der Waals surface area contributed by atoms with Gasteiger partial charge in [-0.25, -0.2) is 0 Å². The number of carbonyl (C=O) groups is 2. The molecule has 0 radical (unpaired) electrons. The van der Waals surface area contributed by atoms with Crippen molar-refractivity contribution in [2.24, 2.45) is 0 Å². The molecule has 5 heteroatoms. The Morgan fingerprint density at radius 1 is 1.12 bits per heavy atom. The third kappa shape index (κ3) is 4.96. The van der Waals surface area contributed by atoms with Gasteiger partial charge in [0, 0.05) is 12.0 Å². The third-order valence-electron chi connectivity index (χ3n) is 3.52. The molecule has 0 aliphatic heterocycles. The number of rotatable bonds is 6. The van der Waals surface area contributed by atoms with Crippen molar-refractivity contribution >= 4 is 11.8 Å². The van der Waals surface area contributed by atoms with Gasteiger partial charge in [-0.15, -0.1) is 0 Å². The fraction of sp³-hybridized carbons (Fsp3) is 0.211. The van der Waals surface area contributed by atoms with Gasteiger partial charge >= 0.3 is 0 Å². The molecule has 0 heterocycles. The molecule has 122 valence electrons. The number of hydrogen-bond acceptors (Lipinski definition) is 3. The minimum absolute atomic E-state index is 0.0929. The van der Waals surface area contributed by atoms with E-state index < -0.39 is 6.04 Å². The Morgan fingerprint density at radius 2 is 1.88 bits per heavy atom. The van der Waals surface area contributed by atoms with Crippen molar-refractivity contribution in [3.05, 3.63) is 71.3 Å². The molecule has 1 atom stereocenters. The first-order chi connectivity index (χ1) is 11.6. The normalized spacial score (nSPS) is 11.2. The van der Waals surface area contributed by atoms with Gasteiger partial charge < -0.3 is 10.6 Å². The van der Waals surface area contributed by atoms with Crippen molar-refractivity contribution in [2.45, 2.75) is 19.4 Å². The van der Waals surface area contributed by atoms with Crippen molar-refractivity contribution in [3.8, 4) is 6.07 Å². The highest BCUT2D eigenvalue weighted by molar-refractivity contribution is 5.97. The Morgan fingerprint density at radius 3 is 2.54 bits per heavy atom. The predicted molar refractivity (Wildman–Crippen MR) is 91.2 cm³/mol. The van der Waals surface area contributed by atoms with Crippen LogP contribution in [0.5, 0.6) is 0 Å². The van der Waals surface area contributed by atoms with Gasteiger partial charge in [0.05, 0.1) is 6.07 Å². The van der Waals surface area contributed by atoms with Crippen LogP contribution in [0.25, 0.3) is 0 Å². The van der Waals surface area contributed by atoms with E-state index in [4.69, 9.17) is 5.26 Å². The summed E-state index contributed by atoms with van der Waals surface area (Å²) in [4.78, 5) is 24.6. The van der Waals surface area contributed by atoms with Crippen LogP contribution in [0.15, 0.2) is 54.6 Å². The lowest BCUT2D eigenvalue weighted by Gasteiger charge is -2.18. The van der Waals surface area contributed by atoms with Crippen LogP contribution in [-0.2, 0) is 11.2 Å². The van der Waals surface area contributed by atoms with Crippen LogP contribution in [0, 0.1) is 18.3 Å². The first-order valence-corrected chi connectivity index (χ1v) is 7.66. The average Bonchev–Trinajstić information content (AvgIpc) is 2.59. The number of carbonyl (C=O) groups excluding carboxylic acids is 2. The van der Waals surface area contributed by atoms with Crippen molar-refractivity contribution < 1.29 is 9.59 Å². The summed E-state index contributed by atoms with van der Waals surface area (Å²) in [5.74, 6) is -0.692. The zero-order chi connectivity index (χ0) is 17.4. The van der Waals surface area contributed by atoms with E-state index in [0.29, 0.717) is 12.0 Å². The summed E-state index contributed by atoms with van der Waals surface area (Å²) < 4.78 is 0. The Balaban J connectivity index is 2.14. The van der Waals surface area contributed by atoms with Gasteiger partial charge in [-0.2, -0.15) is 5.26 Å². The summed E-state index contributed by atoms with van der Waals surface area (Å²) in [6.07, 6.45) is 0.359. The lowest BCUT2D eigenvalue weighted by molar-refractivity contribution is -0.122. The number of amides is 2. The molecule has 0 bridgehead atoms. The predicted octanol–water partition coefficient (Wildman–Crippen LogP) is 1.98. The molecule has 0 aliphatic carbocycles. The monoisotopic (exact) mass is 321 g/mol. The number of hydrogen-bond donors (Lipinski definition) is 2. The molecule has 0 aliphatic rings. The smallest absolute Gasteiger partial charge is 0.251 e. The fourth-order valence-corrected chi connectivity index (χ4v) is 2.37. The maximum absolute atomic E-state index is 12.3. The van der Waals surface area contributed by atoms with Crippen LogP contribution in [0.2, 0.25) is 0 Å². The third-order valence-corrected chi connectivity index (χ3v) is 3.52. The summed E-state index contributed by atoms with van der Waals surface area (Å²) in [6.45, 7) is 1.88. The molecule has 0 saturated carbocycles. The Kier molecular flexibility index (Phi) is 6.09. The van der Waals surface area contributed by atoms with Crippen LogP contribution in [0.3, 0.4) is 0 Å². The minimum atomic E-state index is -0.743. The van der Waals surface area contributed by atoms with Gasteiger partial charge in [-0.1, -0.05) is 48.0 Å². The maximum atomic E-state index is 12.3. The molecule has 2 aromatic carbocycles. The van der Waals surface area contributed by atoms with Gasteiger partial charge in [0.25, 0.3) is 5.91 Å². The number of aryl methyl sites for hydroxylation is 1. The van der Waals surface area contributed by atoms with E-state index in [1.165, 1.54) is 0 Å². The minimum Gasteiger partial charge on any atom is -0.341 e. The highest BCUT2D eigenvalue weighted by atomic mass is 16.2. The number of nitrogens with zero attached hydrogens (tertiary/aromatic N) is 1. The first kappa shape index (κ1) is 17.2. The van der Waals surface area contributed by atoms with Crippen molar-refractivity contribution in [1.82, 2.24) is 10.6 Å². The summed E-state index contributed by atoms with van der Waals surface area (Å²) in [7, 11) is 0. The second-order valence-corrected chi connectivity index (χ2v) is 5.46. The molecule has 0 fully saturated rings. The van der Waals surface area contributed by atoms with E-state index in [2.05, 4.69) is 10.6 Å². The summed E-state index contributed by atoms with van der Waals surface area (Å²) >= 11 is 0. The molecular formula is C19H19N3O2. The Bertz CT molecular complexity index is 751. The van der Waals surface area contributed by atoms with E-state index in [9.17, 15) is 9.59 Å². The Labute approximate surface area is 141 Å². The fourth-order valence-electron chi connectivity index (χ4n) is 2.37. The molecule has 5 nitrogen and oxygen atoms in total. The molecule has 2 N–H and O–H groups in total. The van der Waals surface area contributed by atoms with E-state index in [1.54, 1.807) is 24.3 Å². The van der Waals surface area contributed by atoms with Gasteiger partial charge in [0.15, 0.2) is 0 Å². The summed E-state index contributed by atoms with van der Waals surface area (Å²) in [5, 5.41) is 13.9. The topological polar surface area (TPSA) is 82.0 Å². The first-order valence-electron chi connectivity index (χ1n) is 7.66. The quantitative estimate of drug-likeness (QED) is 0.798. The van der Waals surface area contributed by atoms with Gasteiger partial charge in [0.1, 0.15) is 12.6 Å². The van der Waals surface area contributed by atoms with Crippen LogP contribution in [0.4, 0.5) is 0 Å². The zero-order valence-electron chi connectivity index (χ0n) is 13.5. The van der Waals surface area contributed by atoms with Crippen LogP contribution in [0.1, 0.15) is 21.5 Å². The van der Waals surface area contributed by atoms with Gasteiger partial charge in [-0.05, 0) is 24.6 Å². The standard InChI is InChI=1S/C19H19N3O2/c1-14-6-5-7-15(12-14)13-17(19(24)21-11-10-20)22-18(23)16-8-3-2-4-9-16/h2-9,12,17H,11,13H2,1H3,(H,21,24)(H,22,23)/t17-/m0/s1. The lowest BCUT2D eigenvalue weighted by atomic mass is 10.0. The molecule has 0 saturated heterocycles. The summed E-state index contributed by atoms with van der Waals surface area (Å²) in [6, 6.07) is 17.6. The van der Waals surface area contributed by atoms with E-state index in [-0.39, 0.29) is 18.4 Å². The molecule has 24 heavy (non-hydrogen) atoms.